The first-order chi connectivity index (χ1) is 32.4. The number of aliphatic hydroxyl groups excluding tert-OH is 1. The van der Waals surface area contributed by atoms with E-state index in [0.717, 1.165) is 4.31 Å². The van der Waals surface area contributed by atoms with E-state index >= 15 is 16.8 Å². The molecule has 0 radical (unpaired) electrons. The van der Waals surface area contributed by atoms with E-state index in [0.29, 0.717) is 49.7 Å². The van der Waals surface area contributed by atoms with Crippen LogP contribution in [0, 0.1) is 0 Å². The Kier molecular flexibility index (Phi) is 15.0. The highest BCUT2D eigenvalue weighted by atomic mass is 32.2. The number of hydrogen-bond acceptors (Lipinski definition) is 16. The van der Waals surface area contributed by atoms with Crippen LogP contribution in [0.5, 0.6) is 17.2 Å². The number of nitrogens with zero attached hydrogens (tertiary/aromatic N) is 6. The Labute approximate surface area is 397 Å². The van der Waals surface area contributed by atoms with Gasteiger partial charge in [-0.1, -0.05) is 65.9 Å². The second-order valence-corrected chi connectivity index (χ2v) is 21.0. The van der Waals surface area contributed by atoms with Gasteiger partial charge in [0.25, 0.3) is 0 Å². The minimum Gasteiger partial charge on any atom is -0.497 e. The van der Waals surface area contributed by atoms with Crippen LogP contribution in [0.15, 0.2) is 113 Å². The minimum atomic E-state index is -5.03. The van der Waals surface area contributed by atoms with Crippen molar-refractivity contribution < 1.29 is 45.7 Å². The zero-order valence-electron chi connectivity index (χ0n) is 38.0. The van der Waals surface area contributed by atoms with Crippen LogP contribution in [-0.2, 0) is 44.4 Å². The number of tetrazole rings is 1. The summed E-state index contributed by atoms with van der Waals surface area (Å²) >= 11 is 1.22. The smallest absolute Gasteiger partial charge is 0.407 e. The fourth-order valence-electron chi connectivity index (χ4n) is 7.23. The molecule has 7 aromatic rings. The average Bonchev–Trinajstić information content (AvgIpc) is 3.95. The number of nitrogens with one attached hydrogen (secondary N) is 2. The van der Waals surface area contributed by atoms with Gasteiger partial charge in [-0.25, -0.2) is 36.0 Å². The molecule has 0 unspecified atom stereocenters. The van der Waals surface area contributed by atoms with E-state index < -0.39 is 60.7 Å². The van der Waals surface area contributed by atoms with Crippen LogP contribution in [0.3, 0.4) is 0 Å². The van der Waals surface area contributed by atoms with Crippen LogP contribution in [0.2, 0.25) is 0 Å². The first-order valence-electron chi connectivity index (χ1n) is 21.0. The summed E-state index contributed by atoms with van der Waals surface area (Å²) in [4.78, 5) is 15.9. The van der Waals surface area contributed by atoms with Gasteiger partial charge in [0.15, 0.2) is 11.0 Å². The lowest BCUT2D eigenvalue weighted by molar-refractivity contribution is 0.0519. The summed E-state index contributed by atoms with van der Waals surface area (Å²) in [7, 11) is -5.43. The summed E-state index contributed by atoms with van der Waals surface area (Å²) in [6.07, 6.45) is -0.863. The van der Waals surface area contributed by atoms with Crippen LogP contribution < -0.4 is 30.0 Å². The number of nitrogens with two attached hydrogens (primary N) is 1. The van der Waals surface area contributed by atoms with Gasteiger partial charge in [0, 0.05) is 25.2 Å². The normalized spacial score (nSPS) is 12.5. The SMILES string of the molecule is COc1ccc(CN(Cc2ccc(OC)cc2)S(=O)(=O)c2c(S(=O)(=O)N[C@H](CO)CNC(=O)OC(C)(C)C)ccc(-c3cccc4sc(N)nc34)c2-c2nnnn2Cc2ccc(OC)cc2)cc1. The molecule has 22 heteroatoms. The van der Waals surface area contributed by atoms with Gasteiger partial charge in [-0.05, 0) is 102 Å². The third kappa shape index (κ3) is 11.3. The highest BCUT2D eigenvalue weighted by molar-refractivity contribution is 7.92. The number of benzene rings is 5. The number of aliphatic hydroxyl groups is 1. The number of methoxy groups -OCH3 is 3. The summed E-state index contributed by atoms with van der Waals surface area (Å²) in [5.41, 5.74) is 8.02. The lowest BCUT2D eigenvalue weighted by atomic mass is 9.98. The molecule has 68 heavy (non-hydrogen) atoms. The first kappa shape index (κ1) is 49.2. The van der Waals surface area contributed by atoms with Crippen molar-refractivity contribution >= 4 is 52.8 Å². The molecule has 358 valence electrons. The van der Waals surface area contributed by atoms with Crippen LogP contribution in [0.1, 0.15) is 37.5 Å². The molecule has 0 saturated carbocycles. The van der Waals surface area contributed by atoms with E-state index in [1.807, 2.05) is 6.07 Å². The quantitative estimate of drug-likeness (QED) is 0.0744. The Morgan fingerprint density at radius 1 is 0.809 bits per heavy atom. The second-order valence-electron chi connectivity index (χ2n) is 16.4. The van der Waals surface area contributed by atoms with E-state index in [-0.39, 0.29) is 41.7 Å². The second kappa shape index (κ2) is 20.7. The number of rotatable bonds is 19. The van der Waals surface area contributed by atoms with Crippen molar-refractivity contribution in [3.63, 3.8) is 0 Å². The maximum absolute atomic E-state index is 16.2. The van der Waals surface area contributed by atoms with E-state index in [1.54, 1.807) is 106 Å². The van der Waals surface area contributed by atoms with Crippen molar-refractivity contribution in [1.29, 1.82) is 0 Å². The monoisotopic (exact) mass is 985 g/mol. The summed E-state index contributed by atoms with van der Waals surface area (Å²) in [5, 5.41) is 25.9. The Bertz CT molecular complexity index is 3050. The average molecular weight is 986 g/mol. The van der Waals surface area contributed by atoms with E-state index in [2.05, 4.69) is 30.5 Å². The van der Waals surface area contributed by atoms with Crippen molar-refractivity contribution in [1.82, 2.24) is 39.5 Å². The Balaban J connectivity index is 1.51. The van der Waals surface area contributed by atoms with Gasteiger partial charge in [0.2, 0.25) is 20.0 Å². The van der Waals surface area contributed by atoms with Gasteiger partial charge in [-0.2, -0.15) is 4.31 Å². The number of hydrogen-bond donors (Lipinski definition) is 4. The molecule has 5 N–H and O–H groups in total. The fraction of sp³-hybridized carbons (Fsp3) is 0.283. The van der Waals surface area contributed by atoms with Gasteiger partial charge in [-0.3, -0.25) is 0 Å². The third-order valence-electron chi connectivity index (χ3n) is 10.5. The zero-order chi connectivity index (χ0) is 48.8. The lowest BCUT2D eigenvalue weighted by Gasteiger charge is -2.27. The summed E-state index contributed by atoms with van der Waals surface area (Å²) in [6, 6.07) is 27.2. The molecule has 2 aromatic heterocycles. The van der Waals surface area contributed by atoms with Crippen molar-refractivity contribution in [3.05, 3.63) is 120 Å². The van der Waals surface area contributed by atoms with Crippen LogP contribution in [0.25, 0.3) is 32.7 Å². The third-order valence-corrected chi connectivity index (χ3v) is 14.9. The molecule has 0 spiro atoms. The molecule has 0 aliphatic carbocycles. The lowest BCUT2D eigenvalue weighted by Crippen LogP contribution is -2.47. The number of amides is 1. The molecule has 0 fully saturated rings. The number of nitrogen functional groups attached to an aromatic ring is 1. The maximum Gasteiger partial charge on any atom is 0.407 e. The molecule has 0 bridgehead atoms. The summed E-state index contributed by atoms with van der Waals surface area (Å²) < 4.78 is 89.6. The Morgan fingerprint density at radius 2 is 1.38 bits per heavy atom. The Hall–Kier alpha value is -6.69. The van der Waals surface area contributed by atoms with Crippen LogP contribution in [-0.4, -0.2) is 104 Å². The summed E-state index contributed by atoms with van der Waals surface area (Å²) in [6.45, 7) is 3.27. The van der Waals surface area contributed by atoms with Gasteiger partial charge in [0.05, 0.1) is 56.3 Å². The van der Waals surface area contributed by atoms with Crippen molar-refractivity contribution in [3.8, 4) is 39.8 Å². The molecule has 2 heterocycles. The van der Waals surface area contributed by atoms with Crippen molar-refractivity contribution in [2.45, 2.75) is 61.8 Å². The molecule has 0 saturated heterocycles. The zero-order valence-corrected chi connectivity index (χ0v) is 40.5. The molecule has 0 aliphatic heterocycles. The van der Waals surface area contributed by atoms with Crippen molar-refractivity contribution in [2.75, 3.05) is 40.2 Å². The molecular weight excluding hydrogens is 935 g/mol. The maximum atomic E-state index is 16.2. The van der Waals surface area contributed by atoms with Gasteiger partial charge < -0.3 is 35.1 Å². The Morgan fingerprint density at radius 3 is 1.93 bits per heavy atom. The predicted octanol–water partition coefficient (Wildman–Crippen LogP) is 5.83. The molecule has 5 aromatic carbocycles. The van der Waals surface area contributed by atoms with Crippen LogP contribution >= 0.6 is 11.3 Å². The number of thiazole rings is 1. The highest BCUT2D eigenvalue weighted by Crippen LogP contribution is 2.44. The topological polar surface area (TPSA) is 252 Å². The van der Waals surface area contributed by atoms with E-state index in [9.17, 15) is 9.90 Å². The molecule has 7 rings (SSSR count). The number of para-hydroxylation sites is 1. The number of carbonyl (C=O) groups excluding carboxylic acids is 1. The summed E-state index contributed by atoms with van der Waals surface area (Å²) in [5.74, 6) is 1.56. The standard InChI is InChI=1S/C46H51N9O10S3/c1-46(2,3)65-45(57)48-24-32(28-56)51-67(58,59)39-23-22-36(37-8-7-9-38-41(37)49-44(47)66-38)40(43-50-52-53-55(43)27-31-14-20-35(64-6)21-15-31)42(39)68(60,61)54(25-29-10-16-33(62-4)17-11-29)26-30-12-18-34(63-5)19-13-30/h7-23,32,51,56H,24-28H2,1-6H3,(H2,47,49)(H,48,57)/t32-/m0/s1. The largest absolute Gasteiger partial charge is 0.497 e. The minimum absolute atomic E-state index is 0.0126. The fourth-order valence-corrected chi connectivity index (χ4v) is 11.6. The number of ether oxygens (including phenoxy) is 4. The van der Waals surface area contributed by atoms with Crippen molar-refractivity contribution in [2.24, 2.45) is 0 Å². The first-order valence-corrected chi connectivity index (χ1v) is 24.7. The predicted molar refractivity (Wildman–Crippen MR) is 256 cm³/mol. The molecule has 0 aliphatic rings. The number of sulfonamides is 2. The van der Waals surface area contributed by atoms with E-state index in [1.165, 1.54) is 49.5 Å². The number of fused-ring (bicyclic) bond motifs is 1. The van der Waals surface area contributed by atoms with Gasteiger partial charge >= 0.3 is 6.09 Å². The highest BCUT2D eigenvalue weighted by Gasteiger charge is 2.39. The number of aromatic nitrogens is 5. The molecule has 1 atom stereocenters. The molecule has 1 amide bonds. The van der Waals surface area contributed by atoms with E-state index in [4.69, 9.17) is 24.7 Å². The van der Waals surface area contributed by atoms with Crippen LogP contribution in [0.4, 0.5) is 9.93 Å². The number of anilines is 1. The van der Waals surface area contributed by atoms with Gasteiger partial charge in [-0.15, -0.1) is 5.10 Å². The number of alkyl carbamates (subject to hydrolysis) is 1. The number of carbonyl (C=O) groups is 1. The molecular formula is C46H51N9O10S3. The van der Waals surface area contributed by atoms with Gasteiger partial charge in [0.1, 0.15) is 32.6 Å². The molecule has 19 nitrogen and oxygen atoms in total.